The molecule has 19 heavy (non-hydrogen) atoms. The van der Waals surface area contributed by atoms with Gasteiger partial charge >= 0.3 is 111 Å². The number of rotatable bonds is 4. The van der Waals surface area contributed by atoms with E-state index in [4.69, 9.17) is 0 Å². The van der Waals surface area contributed by atoms with Gasteiger partial charge in [0.05, 0.1) is 0 Å². The molecule has 0 amide bonds. The molecule has 0 nitrogen and oxygen atoms in total. The summed E-state index contributed by atoms with van der Waals surface area (Å²) in [5, 5.41) is 0.948. The van der Waals surface area contributed by atoms with Gasteiger partial charge < -0.3 is 0 Å². The van der Waals surface area contributed by atoms with Crippen LogP contribution in [0.5, 0.6) is 0 Å². The third kappa shape index (κ3) is 6.77. The second-order valence-corrected chi connectivity index (χ2v) is 19.6. The summed E-state index contributed by atoms with van der Waals surface area (Å²) in [5.41, 5.74) is 4.19. The molecule has 1 aliphatic rings. The average molecular weight is 399 g/mol. The Kier molecular flexibility index (Phi) is 12.5. The Balaban J connectivity index is -0.000000853. The summed E-state index contributed by atoms with van der Waals surface area (Å²) in [7, 11) is -2.16. The normalized spacial score (nSPS) is 14.7. The summed E-state index contributed by atoms with van der Waals surface area (Å²) in [6.07, 6.45) is 6.13. The van der Waals surface area contributed by atoms with Gasteiger partial charge in [-0.05, 0) is 0 Å². The molecule has 0 aromatic rings. The van der Waals surface area contributed by atoms with Crippen molar-refractivity contribution in [3.63, 3.8) is 0 Å². The molecule has 0 heterocycles. The maximum absolute atomic E-state index is 2.55. The van der Waals surface area contributed by atoms with E-state index in [-0.39, 0.29) is 37.2 Å². The molecule has 1 aliphatic carbocycles. The summed E-state index contributed by atoms with van der Waals surface area (Å²) in [6, 6.07) is 0. The van der Waals surface area contributed by atoms with E-state index < -0.39 is 16.1 Å². The van der Waals surface area contributed by atoms with Crippen LogP contribution in [0.2, 0.25) is 50.1 Å². The minimum atomic E-state index is -1.08. The van der Waals surface area contributed by atoms with Gasteiger partial charge in [0.1, 0.15) is 0 Å². The molecule has 0 spiro atoms. The van der Waals surface area contributed by atoms with Crippen LogP contribution in [0.3, 0.4) is 0 Å². The van der Waals surface area contributed by atoms with Gasteiger partial charge in [-0.3, -0.25) is 0 Å². The fourth-order valence-corrected chi connectivity index (χ4v) is 17.6. The molecule has 0 fully saturated rings. The Morgan fingerprint density at radius 3 is 1.68 bits per heavy atom. The SMILES string of the molecule is Cl.Cl.Cl.[CH3][V][C]1=C(C([Si](C)(C)C)[Si](C)(C)C)C=CC1. The first kappa shape index (κ1) is 25.3. The molecule has 0 aromatic carbocycles. The van der Waals surface area contributed by atoms with Crippen molar-refractivity contribution >= 4 is 53.4 Å². The van der Waals surface area contributed by atoms with Gasteiger partial charge in [0.25, 0.3) is 0 Å². The van der Waals surface area contributed by atoms with E-state index >= 15 is 0 Å². The predicted octanol–water partition coefficient (Wildman–Crippen LogP) is 6.18. The molecule has 0 saturated heterocycles. The number of hydrogen-bond donors (Lipinski definition) is 0. The van der Waals surface area contributed by atoms with Crippen molar-refractivity contribution in [3.05, 3.63) is 22.0 Å². The van der Waals surface area contributed by atoms with E-state index in [9.17, 15) is 0 Å². The van der Waals surface area contributed by atoms with Gasteiger partial charge in [-0.25, -0.2) is 0 Å². The second-order valence-electron chi connectivity index (χ2n) is 6.90. The first-order chi connectivity index (χ1) is 7.18. The molecule has 115 valence electrons. The van der Waals surface area contributed by atoms with Gasteiger partial charge in [0.2, 0.25) is 0 Å². The van der Waals surface area contributed by atoms with Crippen LogP contribution in [0.4, 0.5) is 0 Å². The number of halogens is 3. The summed E-state index contributed by atoms with van der Waals surface area (Å²) in [6.45, 7) is 15.3. The molecule has 0 atom stereocenters. The van der Waals surface area contributed by atoms with Crippen molar-refractivity contribution in [1.82, 2.24) is 0 Å². The Hall–Kier alpha value is 1.37. The Labute approximate surface area is 147 Å². The van der Waals surface area contributed by atoms with Crippen molar-refractivity contribution in [2.75, 3.05) is 0 Å². The molecule has 0 N–H and O–H groups in total. The van der Waals surface area contributed by atoms with E-state index in [0.29, 0.717) is 16.3 Å². The Bertz CT molecular complexity index is 314. The van der Waals surface area contributed by atoms with Gasteiger partial charge in [-0.15, -0.1) is 37.2 Å². The van der Waals surface area contributed by atoms with Gasteiger partial charge in [0.15, 0.2) is 0 Å². The summed E-state index contributed by atoms with van der Waals surface area (Å²) >= 11 is 0.435. The van der Waals surface area contributed by atoms with Crippen molar-refractivity contribution in [2.45, 2.75) is 56.5 Å². The van der Waals surface area contributed by atoms with Crippen LogP contribution in [0.25, 0.3) is 0 Å². The van der Waals surface area contributed by atoms with E-state index in [0.717, 1.165) is 5.16 Å². The van der Waals surface area contributed by atoms with E-state index in [2.05, 4.69) is 57.1 Å². The second kappa shape index (κ2) is 9.40. The van der Waals surface area contributed by atoms with Gasteiger partial charge in [-0.2, -0.15) is 0 Å². The topological polar surface area (TPSA) is 0 Å². The zero-order chi connectivity index (χ0) is 12.6. The molecule has 6 heteroatoms. The Morgan fingerprint density at radius 1 is 0.947 bits per heavy atom. The molecule has 0 bridgehead atoms. The maximum atomic E-state index is 2.55. The fourth-order valence-electron chi connectivity index (χ4n) is 3.23. The van der Waals surface area contributed by atoms with Crippen molar-refractivity contribution in [3.8, 4) is 0 Å². The van der Waals surface area contributed by atoms with Crippen LogP contribution in [-0.4, -0.2) is 16.1 Å². The van der Waals surface area contributed by atoms with E-state index in [1.165, 1.54) is 6.42 Å². The third-order valence-corrected chi connectivity index (χ3v) is 14.1. The van der Waals surface area contributed by atoms with Crippen LogP contribution in [0.15, 0.2) is 22.0 Å². The molecular weight excluding hydrogens is 370 g/mol. The monoisotopic (exact) mass is 397 g/mol. The minimum absolute atomic E-state index is 0. The van der Waals surface area contributed by atoms with Crippen LogP contribution < -0.4 is 0 Å². The van der Waals surface area contributed by atoms with Crippen LogP contribution in [-0.2, 0) is 16.3 Å². The van der Waals surface area contributed by atoms with Crippen LogP contribution in [0.1, 0.15) is 6.42 Å². The molecule has 1 rings (SSSR count). The number of allylic oxidation sites excluding steroid dienone is 4. The molecular formula is C13H29Cl3Si2V. The summed E-state index contributed by atoms with van der Waals surface area (Å²) in [5.74, 6) is 0. The van der Waals surface area contributed by atoms with E-state index in [1.54, 1.807) is 5.57 Å². The van der Waals surface area contributed by atoms with Crippen molar-refractivity contribution < 1.29 is 16.3 Å². The van der Waals surface area contributed by atoms with Crippen molar-refractivity contribution in [2.24, 2.45) is 0 Å². The molecule has 0 unspecified atom stereocenters. The standard InChI is InChI=1S/C12H23Si2.CH3.3ClH.V/c1-13(2,3)12(14(4,5)6)11-9-7-8-10-11;;;;;/h7,9,12H,8H2,1-6H3;1H3;3*1H;. The molecule has 0 radical (unpaired) electrons. The first-order valence-corrected chi connectivity index (χ1v) is 15.4. The van der Waals surface area contributed by atoms with Crippen molar-refractivity contribution in [1.29, 1.82) is 0 Å². The van der Waals surface area contributed by atoms with Crippen LogP contribution >= 0.6 is 37.2 Å². The average Bonchev–Trinajstić information content (AvgIpc) is 2.46. The van der Waals surface area contributed by atoms with Gasteiger partial charge in [-0.1, -0.05) is 0 Å². The van der Waals surface area contributed by atoms with E-state index in [1.807, 2.05) is 4.28 Å². The van der Waals surface area contributed by atoms with Gasteiger partial charge in [0, 0.05) is 0 Å². The third-order valence-electron chi connectivity index (χ3n) is 3.25. The molecule has 0 aromatic heterocycles. The summed E-state index contributed by atoms with van der Waals surface area (Å²) < 4.78 is 1.81. The molecule has 0 aliphatic heterocycles. The quantitative estimate of drug-likeness (QED) is 0.496. The molecule has 0 saturated carbocycles. The fraction of sp³-hybridized carbons (Fsp3) is 0.692. The van der Waals surface area contributed by atoms with Crippen LogP contribution in [0, 0.1) is 0 Å². The summed E-state index contributed by atoms with van der Waals surface area (Å²) in [4.78, 5) is 0. The zero-order valence-corrected chi connectivity index (χ0v) is 19.0. The Morgan fingerprint density at radius 2 is 1.37 bits per heavy atom. The first-order valence-electron chi connectivity index (χ1n) is 6.17. The number of hydrogen-bond acceptors (Lipinski definition) is 0. The predicted molar refractivity (Wildman–Crippen MR) is 98.8 cm³/mol. The zero-order valence-electron chi connectivity index (χ0n) is 13.1.